The summed E-state index contributed by atoms with van der Waals surface area (Å²) in [6.45, 7) is 6.97. The summed E-state index contributed by atoms with van der Waals surface area (Å²) in [5.74, 6) is 1.17. The number of hydrogen-bond acceptors (Lipinski definition) is 3. The van der Waals surface area contributed by atoms with E-state index < -0.39 is 0 Å². The molecule has 2 nitrogen and oxygen atoms in total. The zero-order chi connectivity index (χ0) is 12.1. The number of aryl methyl sites for hydroxylation is 1. The van der Waals surface area contributed by atoms with E-state index in [0.29, 0.717) is 24.8 Å². The van der Waals surface area contributed by atoms with Crippen molar-refractivity contribution >= 4 is 17.1 Å². The molecule has 1 unspecified atom stereocenters. The lowest BCUT2D eigenvalue weighted by molar-refractivity contribution is 0.0958. The van der Waals surface area contributed by atoms with Crippen molar-refractivity contribution in [2.45, 2.75) is 33.6 Å². The first-order valence-electron chi connectivity index (χ1n) is 5.81. The fourth-order valence-electron chi connectivity index (χ4n) is 1.90. The Morgan fingerprint density at radius 1 is 1.50 bits per heavy atom. The molecule has 0 spiro atoms. The van der Waals surface area contributed by atoms with E-state index >= 15 is 0 Å². The topological polar surface area (TPSA) is 43.1 Å². The van der Waals surface area contributed by atoms with Crippen LogP contribution in [0.15, 0.2) is 11.4 Å². The number of carbonyl (C=O) groups excluding carboxylic acids is 1. The number of hydrogen-bond donors (Lipinski definition) is 1. The van der Waals surface area contributed by atoms with E-state index in [4.69, 9.17) is 5.73 Å². The van der Waals surface area contributed by atoms with Gasteiger partial charge in [-0.2, -0.15) is 0 Å². The standard InChI is InChI=1S/C13H21NOS/c1-9(2)4-11(7-14)6-13(15)12-5-10(3)16-8-12/h5,8-9,11H,4,6-7,14H2,1-3H3. The molecule has 0 fully saturated rings. The van der Waals surface area contributed by atoms with Crippen LogP contribution in [0.25, 0.3) is 0 Å². The molecule has 1 heterocycles. The van der Waals surface area contributed by atoms with Gasteiger partial charge in [-0.15, -0.1) is 11.3 Å². The van der Waals surface area contributed by atoms with Crippen LogP contribution in [0.2, 0.25) is 0 Å². The lowest BCUT2D eigenvalue weighted by Gasteiger charge is -2.15. The summed E-state index contributed by atoms with van der Waals surface area (Å²) in [7, 11) is 0. The van der Waals surface area contributed by atoms with Gasteiger partial charge in [0.1, 0.15) is 0 Å². The van der Waals surface area contributed by atoms with Gasteiger partial charge in [0.25, 0.3) is 0 Å². The summed E-state index contributed by atoms with van der Waals surface area (Å²) >= 11 is 1.63. The molecule has 0 aliphatic carbocycles. The van der Waals surface area contributed by atoms with Gasteiger partial charge in [-0.25, -0.2) is 0 Å². The van der Waals surface area contributed by atoms with E-state index in [0.717, 1.165) is 12.0 Å². The molecule has 0 saturated carbocycles. The highest BCUT2D eigenvalue weighted by Crippen LogP contribution is 2.20. The molecule has 0 bridgehead atoms. The number of ketones is 1. The number of nitrogens with two attached hydrogens (primary N) is 1. The number of carbonyl (C=O) groups is 1. The van der Waals surface area contributed by atoms with Crippen molar-refractivity contribution in [2.75, 3.05) is 6.54 Å². The van der Waals surface area contributed by atoms with Gasteiger partial charge in [0, 0.05) is 22.2 Å². The quantitative estimate of drug-likeness (QED) is 0.774. The molecule has 16 heavy (non-hydrogen) atoms. The summed E-state index contributed by atoms with van der Waals surface area (Å²) in [6.07, 6.45) is 1.62. The molecule has 1 rings (SSSR count). The lowest BCUT2D eigenvalue weighted by Crippen LogP contribution is -2.19. The molecular weight excluding hydrogens is 218 g/mol. The molecule has 0 saturated heterocycles. The van der Waals surface area contributed by atoms with Crippen LogP contribution in [0.1, 0.15) is 41.9 Å². The fraction of sp³-hybridized carbons (Fsp3) is 0.615. The molecule has 0 amide bonds. The fourth-order valence-corrected chi connectivity index (χ4v) is 2.61. The van der Waals surface area contributed by atoms with Crippen LogP contribution in [0.5, 0.6) is 0 Å². The minimum absolute atomic E-state index is 0.237. The van der Waals surface area contributed by atoms with E-state index in [1.807, 2.05) is 18.4 Å². The average Bonchev–Trinajstić information content (AvgIpc) is 2.63. The van der Waals surface area contributed by atoms with Crippen molar-refractivity contribution in [3.8, 4) is 0 Å². The highest BCUT2D eigenvalue weighted by molar-refractivity contribution is 7.10. The SMILES string of the molecule is Cc1cc(C(=O)CC(CN)CC(C)C)cs1. The molecule has 3 heteroatoms. The third-order valence-corrected chi connectivity index (χ3v) is 3.53. The zero-order valence-electron chi connectivity index (χ0n) is 10.3. The van der Waals surface area contributed by atoms with Gasteiger partial charge in [-0.3, -0.25) is 4.79 Å². The highest BCUT2D eigenvalue weighted by atomic mass is 32.1. The van der Waals surface area contributed by atoms with Gasteiger partial charge in [0.15, 0.2) is 5.78 Å². The van der Waals surface area contributed by atoms with Crippen molar-refractivity contribution in [1.29, 1.82) is 0 Å². The Kier molecular flexibility index (Phi) is 5.16. The van der Waals surface area contributed by atoms with Gasteiger partial charge in [-0.05, 0) is 37.8 Å². The Hall–Kier alpha value is -0.670. The maximum absolute atomic E-state index is 12.0. The molecular formula is C13H21NOS. The van der Waals surface area contributed by atoms with E-state index in [9.17, 15) is 4.79 Å². The van der Waals surface area contributed by atoms with Crippen LogP contribution in [-0.2, 0) is 0 Å². The van der Waals surface area contributed by atoms with Crippen molar-refractivity contribution in [1.82, 2.24) is 0 Å². The second-order valence-electron chi connectivity index (χ2n) is 4.80. The summed E-state index contributed by atoms with van der Waals surface area (Å²) in [5.41, 5.74) is 6.55. The van der Waals surface area contributed by atoms with Crippen molar-refractivity contribution in [2.24, 2.45) is 17.6 Å². The molecule has 0 aromatic carbocycles. The highest BCUT2D eigenvalue weighted by Gasteiger charge is 2.16. The molecule has 1 aromatic rings. The normalized spacial score (nSPS) is 13.1. The van der Waals surface area contributed by atoms with Gasteiger partial charge >= 0.3 is 0 Å². The van der Waals surface area contributed by atoms with Crippen LogP contribution < -0.4 is 5.73 Å². The molecule has 0 radical (unpaired) electrons. The predicted octanol–water partition coefficient (Wildman–Crippen LogP) is 3.25. The second kappa shape index (κ2) is 6.16. The number of thiophene rings is 1. The molecule has 2 N–H and O–H groups in total. The molecule has 90 valence electrons. The zero-order valence-corrected chi connectivity index (χ0v) is 11.1. The maximum atomic E-state index is 12.0. The van der Waals surface area contributed by atoms with Crippen molar-refractivity contribution < 1.29 is 4.79 Å². The van der Waals surface area contributed by atoms with Crippen LogP contribution >= 0.6 is 11.3 Å². The minimum Gasteiger partial charge on any atom is -0.330 e. The molecule has 1 atom stereocenters. The third kappa shape index (κ3) is 4.06. The molecule has 0 aliphatic heterocycles. The summed E-state index contributed by atoms with van der Waals surface area (Å²) in [4.78, 5) is 13.2. The largest absolute Gasteiger partial charge is 0.330 e. The second-order valence-corrected chi connectivity index (χ2v) is 5.92. The lowest BCUT2D eigenvalue weighted by atomic mass is 9.91. The smallest absolute Gasteiger partial charge is 0.164 e. The first kappa shape index (κ1) is 13.4. The van der Waals surface area contributed by atoms with Crippen LogP contribution in [0.4, 0.5) is 0 Å². The van der Waals surface area contributed by atoms with Gasteiger partial charge in [0.05, 0.1) is 0 Å². The van der Waals surface area contributed by atoms with Gasteiger partial charge in [0.2, 0.25) is 0 Å². The Morgan fingerprint density at radius 3 is 2.62 bits per heavy atom. The van der Waals surface area contributed by atoms with Crippen molar-refractivity contribution in [3.05, 3.63) is 21.9 Å². The third-order valence-electron chi connectivity index (χ3n) is 2.66. The van der Waals surface area contributed by atoms with Gasteiger partial charge in [-0.1, -0.05) is 13.8 Å². The predicted molar refractivity (Wildman–Crippen MR) is 70.0 cm³/mol. The van der Waals surface area contributed by atoms with Gasteiger partial charge < -0.3 is 5.73 Å². The summed E-state index contributed by atoms with van der Waals surface area (Å²) in [6, 6.07) is 1.97. The van der Waals surface area contributed by atoms with Crippen LogP contribution in [0.3, 0.4) is 0 Å². The maximum Gasteiger partial charge on any atom is 0.164 e. The first-order valence-corrected chi connectivity index (χ1v) is 6.69. The Bertz CT molecular complexity index is 343. The summed E-state index contributed by atoms with van der Waals surface area (Å²) in [5, 5.41) is 1.95. The van der Waals surface area contributed by atoms with Crippen molar-refractivity contribution in [3.63, 3.8) is 0 Å². The number of rotatable bonds is 6. The Morgan fingerprint density at radius 2 is 2.19 bits per heavy atom. The van der Waals surface area contributed by atoms with E-state index in [1.54, 1.807) is 11.3 Å². The summed E-state index contributed by atoms with van der Waals surface area (Å²) < 4.78 is 0. The first-order chi connectivity index (χ1) is 7.52. The van der Waals surface area contributed by atoms with E-state index in [1.165, 1.54) is 4.88 Å². The average molecular weight is 239 g/mol. The van der Waals surface area contributed by atoms with E-state index in [2.05, 4.69) is 13.8 Å². The molecule has 1 aromatic heterocycles. The van der Waals surface area contributed by atoms with Crippen LogP contribution in [0, 0.1) is 18.8 Å². The Labute approximate surface area is 102 Å². The monoisotopic (exact) mass is 239 g/mol. The Balaban J connectivity index is 2.55. The molecule has 0 aliphatic rings. The number of Topliss-reactive ketones (excluding diaryl/α,β-unsaturated/α-hetero) is 1. The van der Waals surface area contributed by atoms with E-state index in [-0.39, 0.29) is 5.78 Å². The minimum atomic E-state index is 0.237. The van der Waals surface area contributed by atoms with Crippen LogP contribution in [-0.4, -0.2) is 12.3 Å².